The first-order valence-electron chi connectivity index (χ1n) is 6.74. The number of carbonyl (C=O) groups excluding carboxylic acids is 1. The van der Waals surface area contributed by atoms with Crippen LogP contribution in [0.1, 0.15) is 25.8 Å². The molecule has 1 unspecified atom stereocenters. The average Bonchev–Trinajstić information content (AvgIpc) is 2.36. The van der Waals surface area contributed by atoms with E-state index in [9.17, 15) is 14.9 Å². The maximum atomic E-state index is 11.3. The number of aryl methyl sites for hydroxylation is 1. The summed E-state index contributed by atoms with van der Waals surface area (Å²) in [6.07, 6.45) is 0.434. The maximum Gasteiger partial charge on any atom is 0.272 e. The van der Waals surface area contributed by atoms with Gasteiger partial charge in [0.25, 0.3) is 5.69 Å². The van der Waals surface area contributed by atoms with Crippen molar-refractivity contribution in [2.75, 3.05) is 6.61 Å². The zero-order chi connectivity index (χ0) is 16.0. The van der Waals surface area contributed by atoms with E-state index in [1.807, 2.05) is 13.8 Å². The molecule has 116 valence electrons. The summed E-state index contributed by atoms with van der Waals surface area (Å²) in [4.78, 5) is 21.6. The Morgan fingerprint density at radius 1 is 1.48 bits per heavy atom. The Morgan fingerprint density at radius 3 is 2.62 bits per heavy atom. The monoisotopic (exact) mass is 295 g/mol. The zero-order valence-corrected chi connectivity index (χ0v) is 12.5. The van der Waals surface area contributed by atoms with Crippen LogP contribution in [0.3, 0.4) is 0 Å². The van der Waals surface area contributed by atoms with Crippen molar-refractivity contribution in [1.29, 1.82) is 0 Å². The molecule has 0 bridgehead atoms. The smallest absolute Gasteiger partial charge is 0.272 e. The lowest BCUT2D eigenvalue weighted by atomic mass is 10.1. The van der Waals surface area contributed by atoms with E-state index in [1.54, 1.807) is 19.1 Å². The Labute approximate surface area is 123 Å². The molecule has 21 heavy (non-hydrogen) atoms. The zero-order valence-electron chi connectivity index (χ0n) is 12.5. The number of rotatable bonds is 8. The lowest BCUT2D eigenvalue weighted by molar-refractivity contribution is -0.385. The van der Waals surface area contributed by atoms with Crippen molar-refractivity contribution in [3.63, 3.8) is 0 Å². The summed E-state index contributed by atoms with van der Waals surface area (Å²) >= 11 is 0. The van der Waals surface area contributed by atoms with E-state index >= 15 is 0 Å². The predicted molar refractivity (Wildman–Crippen MR) is 79.2 cm³/mol. The van der Waals surface area contributed by atoms with Crippen LogP contribution in [-0.4, -0.2) is 29.5 Å². The second-order valence-corrected chi connectivity index (χ2v) is 5.12. The van der Waals surface area contributed by atoms with E-state index < -0.39 is 16.9 Å². The Hall–Kier alpha value is -2.15. The lowest BCUT2D eigenvalue weighted by Crippen LogP contribution is -2.45. The van der Waals surface area contributed by atoms with E-state index in [-0.39, 0.29) is 11.7 Å². The molecular formula is C14H21N3O4. The van der Waals surface area contributed by atoms with Crippen molar-refractivity contribution in [2.24, 2.45) is 5.73 Å². The van der Waals surface area contributed by atoms with Gasteiger partial charge in [-0.15, -0.1) is 0 Å². The topological polar surface area (TPSA) is 107 Å². The van der Waals surface area contributed by atoms with Gasteiger partial charge >= 0.3 is 0 Å². The number of benzene rings is 1. The molecule has 0 saturated carbocycles. The first-order chi connectivity index (χ1) is 9.81. The molecular weight excluding hydrogens is 274 g/mol. The van der Waals surface area contributed by atoms with Crippen molar-refractivity contribution < 1.29 is 14.5 Å². The van der Waals surface area contributed by atoms with Gasteiger partial charge in [-0.1, -0.05) is 13.8 Å². The molecule has 1 aromatic carbocycles. The molecule has 1 rings (SSSR count). The molecule has 0 fully saturated rings. The van der Waals surface area contributed by atoms with Crippen LogP contribution in [0.4, 0.5) is 5.69 Å². The summed E-state index contributed by atoms with van der Waals surface area (Å²) in [6, 6.07) is 4.24. The van der Waals surface area contributed by atoms with Crippen LogP contribution in [-0.2, 0) is 4.79 Å². The highest BCUT2D eigenvalue weighted by atomic mass is 16.6. The SMILES string of the molecule is Cc1cc(OCCC(NC(C)C)C(N)=O)ccc1[N+](=O)[O-]. The summed E-state index contributed by atoms with van der Waals surface area (Å²) in [5.41, 5.74) is 5.90. The minimum Gasteiger partial charge on any atom is -0.494 e. The first-order valence-corrected chi connectivity index (χ1v) is 6.74. The standard InChI is InChI=1S/C14H21N3O4/c1-9(2)16-12(14(15)18)6-7-21-11-4-5-13(17(19)20)10(3)8-11/h4-5,8-9,12,16H,6-7H2,1-3H3,(H2,15,18). The fourth-order valence-electron chi connectivity index (χ4n) is 1.93. The van der Waals surface area contributed by atoms with Crippen molar-refractivity contribution in [3.8, 4) is 5.75 Å². The van der Waals surface area contributed by atoms with Crippen LogP contribution >= 0.6 is 0 Å². The van der Waals surface area contributed by atoms with Crippen molar-refractivity contribution >= 4 is 11.6 Å². The third-order valence-electron chi connectivity index (χ3n) is 2.92. The molecule has 0 radical (unpaired) electrons. The molecule has 7 nitrogen and oxygen atoms in total. The van der Waals surface area contributed by atoms with Gasteiger partial charge in [0.2, 0.25) is 5.91 Å². The van der Waals surface area contributed by atoms with Crippen molar-refractivity contribution in [3.05, 3.63) is 33.9 Å². The molecule has 0 aliphatic heterocycles. The molecule has 3 N–H and O–H groups in total. The van der Waals surface area contributed by atoms with Gasteiger partial charge in [-0.25, -0.2) is 0 Å². The molecule has 1 atom stereocenters. The second-order valence-electron chi connectivity index (χ2n) is 5.12. The number of carbonyl (C=O) groups is 1. The van der Waals surface area contributed by atoms with Gasteiger partial charge in [-0.2, -0.15) is 0 Å². The normalized spacial score (nSPS) is 12.2. The fourth-order valence-corrected chi connectivity index (χ4v) is 1.93. The third-order valence-corrected chi connectivity index (χ3v) is 2.92. The Morgan fingerprint density at radius 2 is 2.14 bits per heavy atom. The van der Waals surface area contributed by atoms with E-state index in [2.05, 4.69) is 5.32 Å². The van der Waals surface area contributed by atoms with Crippen molar-refractivity contribution in [1.82, 2.24) is 5.32 Å². The van der Waals surface area contributed by atoms with E-state index in [0.29, 0.717) is 24.3 Å². The van der Waals surface area contributed by atoms with Gasteiger partial charge in [0.15, 0.2) is 0 Å². The third kappa shape index (κ3) is 5.39. The molecule has 1 amide bonds. The minimum absolute atomic E-state index is 0.0545. The van der Waals surface area contributed by atoms with Crippen LogP contribution in [0, 0.1) is 17.0 Å². The Bertz CT molecular complexity index is 517. The highest BCUT2D eigenvalue weighted by Gasteiger charge is 2.16. The number of nitrogens with one attached hydrogen (secondary N) is 1. The lowest BCUT2D eigenvalue weighted by Gasteiger charge is -2.18. The molecule has 0 aromatic heterocycles. The number of ether oxygens (including phenoxy) is 1. The van der Waals surface area contributed by atoms with E-state index in [0.717, 1.165) is 0 Å². The number of primary amides is 1. The number of nitrogens with two attached hydrogens (primary N) is 1. The number of nitro groups is 1. The van der Waals surface area contributed by atoms with Gasteiger partial charge in [-0.3, -0.25) is 14.9 Å². The number of hydrogen-bond donors (Lipinski definition) is 2. The molecule has 0 heterocycles. The average molecular weight is 295 g/mol. The summed E-state index contributed by atoms with van der Waals surface area (Å²) in [6.45, 7) is 5.80. The van der Waals surface area contributed by atoms with Gasteiger partial charge in [0.1, 0.15) is 5.75 Å². The highest BCUT2D eigenvalue weighted by molar-refractivity contribution is 5.79. The number of nitro benzene ring substituents is 1. The van der Waals surface area contributed by atoms with Crippen LogP contribution in [0.25, 0.3) is 0 Å². The maximum absolute atomic E-state index is 11.3. The molecule has 1 aromatic rings. The molecule has 7 heteroatoms. The predicted octanol–water partition coefficient (Wildman–Crippen LogP) is 1.52. The van der Waals surface area contributed by atoms with Gasteiger partial charge in [-0.05, 0) is 19.1 Å². The van der Waals surface area contributed by atoms with Crippen LogP contribution in [0.15, 0.2) is 18.2 Å². The fraction of sp³-hybridized carbons (Fsp3) is 0.500. The highest BCUT2D eigenvalue weighted by Crippen LogP contribution is 2.23. The largest absolute Gasteiger partial charge is 0.494 e. The van der Waals surface area contributed by atoms with Crippen molar-refractivity contribution in [2.45, 2.75) is 39.3 Å². The quantitative estimate of drug-likeness (QED) is 0.558. The van der Waals surface area contributed by atoms with E-state index in [4.69, 9.17) is 10.5 Å². The number of amides is 1. The van der Waals surface area contributed by atoms with Gasteiger partial charge in [0, 0.05) is 24.1 Å². The van der Waals surface area contributed by atoms with Gasteiger partial charge < -0.3 is 15.8 Å². The number of hydrogen-bond acceptors (Lipinski definition) is 5. The van der Waals surface area contributed by atoms with E-state index in [1.165, 1.54) is 6.07 Å². The Kier molecular flexibility index (Phi) is 6.10. The number of nitrogens with zero attached hydrogens (tertiary/aromatic N) is 1. The molecule has 0 saturated heterocycles. The van der Waals surface area contributed by atoms with Crippen LogP contribution < -0.4 is 15.8 Å². The molecule has 0 aliphatic carbocycles. The summed E-state index contributed by atoms with van der Waals surface area (Å²) < 4.78 is 5.51. The summed E-state index contributed by atoms with van der Waals surface area (Å²) in [5, 5.41) is 13.8. The van der Waals surface area contributed by atoms with Crippen LogP contribution in [0.2, 0.25) is 0 Å². The second kappa shape index (κ2) is 7.58. The molecule has 0 aliphatic rings. The van der Waals surface area contributed by atoms with Crippen LogP contribution in [0.5, 0.6) is 5.75 Å². The first kappa shape index (κ1) is 16.9. The molecule has 0 spiro atoms. The van der Waals surface area contributed by atoms with Gasteiger partial charge in [0.05, 0.1) is 17.6 Å². The summed E-state index contributed by atoms with van der Waals surface area (Å²) in [7, 11) is 0. The minimum atomic E-state index is -0.454. The Balaban J connectivity index is 2.57. The summed E-state index contributed by atoms with van der Waals surface area (Å²) in [5.74, 6) is 0.109.